The van der Waals surface area contributed by atoms with Crippen molar-refractivity contribution < 1.29 is 17.5 Å². The topological polar surface area (TPSA) is 113 Å². The van der Waals surface area contributed by atoms with E-state index >= 15 is 0 Å². The van der Waals surface area contributed by atoms with E-state index in [9.17, 15) is 13.0 Å². The Morgan fingerprint density at radius 2 is 1.45 bits per heavy atom. The maximum Gasteiger partial charge on any atom is 0.220 e. The monoisotopic (exact) mass is 409 g/mol. The third-order valence-electron chi connectivity index (χ3n) is 4.73. The molecule has 0 bridgehead atoms. The first kappa shape index (κ1) is 20.6. The van der Waals surface area contributed by atoms with E-state index in [0.29, 0.717) is 0 Å². The van der Waals surface area contributed by atoms with Crippen LogP contribution in [-0.4, -0.2) is 18.7 Å². The summed E-state index contributed by atoms with van der Waals surface area (Å²) in [7, 11) is -1.82. The maximum absolute atomic E-state index is 9.44. The predicted molar refractivity (Wildman–Crippen MR) is 117 cm³/mol. The number of nitrogens with zero attached hydrogens (tertiary/aromatic N) is 1. The molecule has 0 spiro atoms. The van der Waals surface area contributed by atoms with E-state index in [2.05, 4.69) is 54.1 Å². The lowest BCUT2D eigenvalue weighted by Crippen LogP contribution is -2.32. The van der Waals surface area contributed by atoms with E-state index in [1.165, 1.54) is 23.2 Å². The molecule has 150 valence electrons. The Morgan fingerprint density at radius 1 is 0.862 bits per heavy atom. The number of hydrogen-bond donors (Lipinski definition) is 2. The van der Waals surface area contributed by atoms with Crippen LogP contribution in [-0.2, 0) is 17.2 Å². The van der Waals surface area contributed by atoms with Gasteiger partial charge in [-0.3, -0.25) is 0 Å². The van der Waals surface area contributed by atoms with E-state index in [-0.39, 0.29) is 5.75 Å². The van der Waals surface area contributed by atoms with Gasteiger partial charge in [0.1, 0.15) is 7.05 Å². The molecule has 0 atom stereocenters. The standard InChI is InChI=1S/C20H17N3.C2H6O3S/c1-23-19-5-3-2-4-17(19)16-11-10-15(22)12-18(16)20(23)13-6-8-14(21)9-7-13;1-2-6(3,4)5/h2-12,21H,22H2,1H3;2H2,1H3,(H,3,4,5). The average molecular weight is 410 g/mol. The minimum atomic E-state index is -3.91. The second-order valence-electron chi connectivity index (χ2n) is 6.70. The van der Waals surface area contributed by atoms with Crippen molar-refractivity contribution in [1.29, 1.82) is 0 Å². The molecule has 0 saturated carbocycles. The van der Waals surface area contributed by atoms with Crippen molar-refractivity contribution in [2.24, 2.45) is 7.05 Å². The number of benzene rings is 3. The number of pyridine rings is 1. The minimum absolute atomic E-state index is 0.312. The second-order valence-corrected chi connectivity index (χ2v) is 8.39. The van der Waals surface area contributed by atoms with E-state index in [1.54, 1.807) is 0 Å². The number of nitrogen functional groups attached to an aromatic ring is 2. The van der Waals surface area contributed by atoms with Crippen LogP contribution in [0.4, 0.5) is 11.4 Å². The number of anilines is 2. The van der Waals surface area contributed by atoms with Crippen LogP contribution in [0.15, 0.2) is 66.7 Å². The molecule has 3 aromatic carbocycles. The normalized spacial score (nSPS) is 11.3. The summed E-state index contributed by atoms with van der Waals surface area (Å²) in [5, 5.41) is 3.58. The highest BCUT2D eigenvalue weighted by molar-refractivity contribution is 7.85. The fourth-order valence-corrected chi connectivity index (χ4v) is 3.28. The molecule has 0 fully saturated rings. The Labute approximate surface area is 170 Å². The van der Waals surface area contributed by atoms with Gasteiger partial charge in [0.15, 0.2) is 0 Å². The van der Waals surface area contributed by atoms with Crippen molar-refractivity contribution in [3.8, 4) is 11.3 Å². The van der Waals surface area contributed by atoms with Crippen LogP contribution in [0, 0.1) is 0 Å². The van der Waals surface area contributed by atoms with Crippen LogP contribution in [0.5, 0.6) is 0 Å². The lowest BCUT2D eigenvalue weighted by atomic mass is 9.98. The molecule has 7 heteroatoms. The molecule has 29 heavy (non-hydrogen) atoms. The van der Waals surface area contributed by atoms with E-state index in [1.807, 2.05) is 24.3 Å². The summed E-state index contributed by atoms with van der Waals surface area (Å²) in [5.74, 6) is -0.312. The fourth-order valence-electron chi connectivity index (χ4n) is 3.28. The van der Waals surface area contributed by atoms with Gasteiger partial charge in [-0.15, -0.1) is 0 Å². The maximum atomic E-state index is 9.44. The Kier molecular flexibility index (Phi) is 5.72. The molecule has 0 radical (unpaired) electrons. The van der Waals surface area contributed by atoms with Crippen molar-refractivity contribution >= 4 is 43.2 Å². The Bertz CT molecular complexity index is 1280. The molecule has 4 aromatic rings. The molecule has 0 aliphatic heterocycles. The van der Waals surface area contributed by atoms with Crippen molar-refractivity contribution in [3.63, 3.8) is 0 Å². The zero-order valence-corrected chi connectivity index (χ0v) is 17.1. The molecule has 4 N–H and O–H groups in total. The molecule has 1 aromatic heterocycles. The molecule has 0 amide bonds. The number of aryl methyl sites for hydroxylation is 1. The van der Waals surface area contributed by atoms with Gasteiger partial charge in [0, 0.05) is 34.1 Å². The molecule has 1 heterocycles. The van der Waals surface area contributed by atoms with Crippen LogP contribution < -0.4 is 16.0 Å². The number of nitrogens with two attached hydrogens (primary N) is 2. The van der Waals surface area contributed by atoms with E-state index < -0.39 is 10.1 Å². The number of aromatic nitrogens is 1. The predicted octanol–water partition coefficient (Wildman–Crippen LogP) is 3.20. The lowest BCUT2D eigenvalue weighted by molar-refractivity contribution is -0.632. The van der Waals surface area contributed by atoms with Gasteiger partial charge in [-0.2, -0.15) is 4.57 Å². The highest BCUT2D eigenvalue weighted by Gasteiger charge is 2.20. The van der Waals surface area contributed by atoms with Gasteiger partial charge in [0.05, 0.1) is 20.9 Å². The fraction of sp³-hybridized carbons (Fsp3) is 0.136. The van der Waals surface area contributed by atoms with Gasteiger partial charge in [0.2, 0.25) is 11.2 Å². The number of hydrogen-bond acceptors (Lipinski definition) is 5. The minimum Gasteiger partial charge on any atom is -0.748 e. The van der Waals surface area contributed by atoms with Crippen LogP contribution in [0.2, 0.25) is 0 Å². The summed E-state index contributed by atoms with van der Waals surface area (Å²) in [6, 6.07) is 22.5. The first-order valence-electron chi connectivity index (χ1n) is 9.10. The average Bonchev–Trinajstić information content (AvgIpc) is 2.69. The molecular weight excluding hydrogens is 386 g/mol. The molecule has 0 saturated heterocycles. The largest absolute Gasteiger partial charge is 0.748 e. The molecule has 0 aliphatic carbocycles. The van der Waals surface area contributed by atoms with Crippen molar-refractivity contribution in [3.05, 3.63) is 66.7 Å². The molecule has 4 rings (SSSR count). The summed E-state index contributed by atoms with van der Waals surface area (Å²) in [6.45, 7) is 1.31. The van der Waals surface area contributed by atoms with Gasteiger partial charge in [-0.05, 0) is 42.5 Å². The van der Waals surface area contributed by atoms with E-state index in [0.717, 1.165) is 28.0 Å². The van der Waals surface area contributed by atoms with Crippen molar-refractivity contribution in [2.45, 2.75) is 6.92 Å². The van der Waals surface area contributed by atoms with Crippen LogP contribution >= 0.6 is 0 Å². The summed E-state index contributed by atoms with van der Waals surface area (Å²) < 4.78 is 30.6. The van der Waals surface area contributed by atoms with Crippen LogP contribution in [0.3, 0.4) is 0 Å². The number of fused-ring (bicyclic) bond motifs is 3. The second kappa shape index (κ2) is 8.06. The highest BCUT2D eigenvalue weighted by Crippen LogP contribution is 2.32. The zero-order chi connectivity index (χ0) is 21.2. The Balaban J connectivity index is 0.000000353. The highest BCUT2D eigenvalue weighted by atomic mass is 32.2. The quantitative estimate of drug-likeness (QED) is 0.228. The molecular formula is C22H23N3O3S. The summed E-state index contributed by atoms with van der Waals surface area (Å²) in [5.41, 5.74) is 16.9. The van der Waals surface area contributed by atoms with Crippen LogP contribution in [0.25, 0.3) is 32.9 Å². The first-order chi connectivity index (χ1) is 13.7. The van der Waals surface area contributed by atoms with Crippen molar-refractivity contribution in [2.75, 3.05) is 17.2 Å². The summed E-state index contributed by atoms with van der Waals surface area (Å²) >= 11 is 0. The summed E-state index contributed by atoms with van der Waals surface area (Å²) in [4.78, 5) is 0. The van der Waals surface area contributed by atoms with Gasteiger partial charge >= 0.3 is 0 Å². The molecule has 0 unspecified atom stereocenters. The van der Waals surface area contributed by atoms with Gasteiger partial charge in [-0.1, -0.05) is 25.1 Å². The first-order valence-corrected chi connectivity index (χ1v) is 10.7. The molecule has 0 aliphatic rings. The zero-order valence-electron chi connectivity index (χ0n) is 16.3. The SMILES string of the molecule is CCS(=O)(=O)[O-].C[n+]1c(-c2ccc(N)cc2)c2cc(N)ccc2c2ccccc21. The van der Waals surface area contributed by atoms with Gasteiger partial charge < -0.3 is 16.0 Å². The van der Waals surface area contributed by atoms with Crippen molar-refractivity contribution in [1.82, 2.24) is 0 Å². The van der Waals surface area contributed by atoms with Gasteiger partial charge in [-0.25, -0.2) is 8.42 Å². The lowest BCUT2D eigenvalue weighted by Gasteiger charge is -2.10. The third-order valence-corrected chi connectivity index (χ3v) is 5.43. The summed E-state index contributed by atoms with van der Waals surface area (Å²) in [6.07, 6.45) is 0. The Morgan fingerprint density at radius 3 is 2.07 bits per heavy atom. The third kappa shape index (κ3) is 4.47. The number of para-hydroxylation sites is 1. The smallest absolute Gasteiger partial charge is 0.220 e. The van der Waals surface area contributed by atoms with E-state index in [4.69, 9.17) is 11.5 Å². The van der Waals surface area contributed by atoms with Crippen LogP contribution in [0.1, 0.15) is 6.92 Å². The number of rotatable bonds is 2. The molecule has 6 nitrogen and oxygen atoms in total. The van der Waals surface area contributed by atoms with Gasteiger partial charge in [0.25, 0.3) is 0 Å². The Hall–Kier alpha value is -3.16.